The number of carbonyl (C=O) groups excluding carboxylic acids is 4. The molecule has 2 aliphatic heterocycles. The number of phenolic OH excluding ortho intramolecular Hbond substituents is 1. The number of nitrogens with zero attached hydrogens (tertiary/aromatic N) is 2. The molecule has 4 heterocycles. The number of allylic oxidation sites excluding steroid dienone is 2. The van der Waals surface area contributed by atoms with E-state index in [0.29, 0.717) is 25.2 Å². The van der Waals surface area contributed by atoms with Crippen LogP contribution in [0.1, 0.15) is 41.0 Å². The van der Waals surface area contributed by atoms with Gasteiger partial charge in [0, 0.05) is 15.7 Å². The molecule has 6 unspecified atom stereocenters. The number of fused-ring (bicyclic) bond motifs is 4. The van der Waals surface area contributed by atoms with Crippen LogP contribution >= 0.6 is 22.7 Å². The van der Waals surface area contributed by atoms with Crippen LogP contribution in [-0.2, 0) is 32.3 Å². The average Bonchev–Trinajstić information content (AvgIpc) is 3.78. The van der Waals surface area contributed by atoms with Gasteiger partial charge in [0.1, 0.15) is 0 Å². The van der Waals surface area contributed by atoms with E-state index in [1.165, 1.54) is 32.5 Å². The zero-order valence-corrected chi connectivity index (χ0v) is 24.6. The molecule has 6 atom stereocenters. The zero-order chi connectivity index (χ0) is 29.1. The topological polar surface area (TPSA) is 104 Å². The number of benzene rings is 1. The van der Waals surface area contributed by atoms with Crippen molar-refractivity contribution in [2.24, 2.45) is 29.6 Å². The molecule has 0 spiro atoms. The minimum Gasteiger partial charge on any atom is -0.504 e. The predicted molar refractivity (Wildman–Crippen MR) is 157 cm³/mol. The molecule has 42 heavy (non-hydrogen) atoms. The number of carbonyl (C=O) groups is 4. The highest BCUT2D eigenvalue weighted by Gasteiger charge is 2.61. The summed E-state index contributed by atoms with van der Waals surface area (Å²) in [5.41, 5.74) is 1.69. The third kappa shape index (κ3) is 4.22. The van der Waals surface area contributed by atoms with Gasteiger partial charge in [-0.05, 0) is 66.3 Å². The van der Waals surface area contributed by atoms with Gasteiger partial charge < -0.3 is 9.84 Å². The summed E-state index contributed by atoms with van der Waals surface area (Å²) >= 11 is 3.01. The summed E-state index contributed by atoms with van der Waals surface area (Å²) in [4.78, 5) is 60.1. The second-order valence-electron chi connectivity index (χ2n) is 11.4. The lowest BCUT2D eigenvalue weighted by atomic mass is 9.57. The first kappa shape index (κ1) is 27.1. The monoisotopic (exact) mass is 602 g/mol. The molecule has 2 aliphatic carbocycles. The van der Waals surface area contributed by atoms with E-state index in [9.17, 15) is 24.3 Å². The minimum atomic E-state index is -0.634. The largest absolute Gasteiger partial charge is 0.504 e. The number of hydrogen-bond donors (Lipinski definition) is 1. The van der Waals surface area contributed by atoms with Gasteiger partial charge in [-0.2, -0.15) is 0 Å². The zero-order valence-electron chi connectivity index (χ0n) is 23.0. The first-order chi connectivity index (χ1) is 20.4. The van der Waals surface area contributed by atoms with Gasteiger partial charge in [0.15, 0.2) is 11.5 Å². The van der Waals surface area contributed by atoms with Gasteiger partial charge in [0.25, 0.3) is 0 Å². The number of imide groups is 2. The van der Waals surface area contributed by atoms with Crippen LogP contribution in [0, 0.1) is 29.6 Å². The van der Waals surface area contributed by atoms with Gasteiger partial charge in [-0.3, -0.25) is 29.0 Å². The summed E-state index contributed by atoms with van der Waals surface area (Å²) in [5, 5.41) is 14.3. The number of likely N-dealkylation sites (tertiary alicyclic amines) is 2. The van der Waals surface area contributed by atoms with Crippen LogP contribution in [0.5, 0.6) is 11.5 Å². The molecule has 0 bridgehead atoms. The van der Waals surface area contributed by atoms with Crippen molar-refractivity contribution in [1.82, 2.24) is 9.80 Å². The number of aromatic hydroxyl groups is 1. The molecule has 216 valence electrons. The Bertz CT molecular complexity index is 1600. The molecule has 1 aromatic carbocycles. The number of ether oxygens (including phenoxy) is 1. The second-order valence-corrected chi connectivity index (χ2v) is 13.4. The SMILES string of the molecule is CCOc1cc(C2C3=CCC4C(=O)N(Cc5cccs5)C(=O)C4C3CC3C(=O)N(Cc4cccs4)C(=O)C32)ccc1O. The molecule has 4 aliphatic rings. The fraction of sp³-hybridized carbons (Fsp3) is 0.375. The van der Waals surface area contributed by atoms with Gasteiger partial charge in [-0.1, -0.05) is 29.8 Å². The maximum absolute atomic E-state index is 14.1. The predicted octanol–water partition coefficient (Wildman–Crippen LogP) is 4.95. The molecular weight excluding hydrogens is 572 g/mol. The molecule has 3 fully saturated rings. The van der Waals surface area contributed by atoms with Crippen LogP contribution in [0.15, 0.2) is 64.9 Å². The second kappa shape index (κ2) is 10.5. The lowest BCUT2D eigenvalue weighted by Gasteiger charge is -2.44. The van der Waals surface area contributed by atoms with Gasteiger partial charge >= 0.3 is 0 Å². The van der Waals surface area contributed by atoms with Crippen LogP contribution in [0.3, 0.4) is 0 Å². The highest BCUT2D eigenvalue weighted by atomic mass is 32.1. The summed E-state index contributed by atoms with van der Waals surface area (Å²) < 4.78 is 5.68. The Morgan fingerprint density at radius 3 is 2.10 bits per heavy atom. The van der Waals surface area contributed by atoms with Crippen molar-refractivity contribution in [1.29, 1.82) is 0 Å². The third-order valence-corrected chi connectivity index (χ3v) is 11.0. The van der Waals surface area contributed by atoms with Crippen molar-refractivity contribution >= 4 is 46.3 Å². The maximum atomic E-state index is 14.1. The maximum Gasteiger partial charge on any atom is 0.234 e. The normalized spacial score (nSPS) is 28.5. The Morgan fingerprint density at radius 1 is 0.833 bits per heavy atom. The fourth-order valence-corrected chi connectivity index (χ4v) is 8.90. The van der Waals surface area contributed by atoms with E-state index in [0.717, 1.165) is 20.9 Å². The van der Waals surface area contributed by atoms with E-state index in [2.05, 4.69) is 0 Å². The van der Waals surface area contributed by atoms with Gasteiger partial charge in [0.2, 0.25) is 23.6 Å². The molecule has 2 aromatic heterocycles. The van der Waals surface area contributed by atoms with Crippen molar-refractivity contribution in [2.75, 3.05) is 6.61 Å². The summed E-state index contributed by atoms with van der Waals surface area (Å²) in [6, 6.07) is 12.7. The first-order valence-electron chi connectivity index (χ1n) is 14.3. The summed E-state index contributed by atoms with van der Waals surface area (Å²) in [6.45, 7) is 2.65. The Labute approximate surface area is 251 Å². The van der Waals surface area contributed by atoms with E-state index in [-0.39, 0.29) is 48.4 Å². The van der Waals surface area contributed by atoms with Crippen LogP contribution in [0.25, 0.3) is 0 Å². The quantitative estimate of drug-likeness (QED) is 0.303. The van der Waals surface area contributed by atoms with Crippen molar-refractivity contribution in [3.63, 3.8) is 0 Å². The number of rotatable bonds is 7. The minimum absolute atomic E-state index is 0.00358. The molecule has 3 aromatic rings. The third-order valence-electron chi connectivity index (χ3n) is 9.26. The van der Waals surface area contributed by atoms with Gasteiger partial charge in [-0.15, -0.1) is 22.7 Å². The molecule has 1 saturated carbocycles. The van der Waals surface area contributed by atoms with Crippen molar-refractivity contribution in [3.05, 3.63) is 80.2 Å². The molecule has 10 heteroatoms. The van der Waals surface area contributed by atoms with Crippen molar-refractivity contribution in [3.8, 4) is 11.5 Å². The smallest absolute Gasteiger partial charge is 0.234 e. The summed E-state index contributed by atoms with van der Waals surface area (Å²) in [5.74, 6) is -3.61. The molecular formula is C32H30N2O6S2. The lowest BCUT2D eigenvalue weighted by molar-refractivity contribution is -0.142. The summed E-state index contributed by atoms with van der Waals surface area (Å²) in [6.07, 6.45) is 2.80. The lowest BCUT2D eigenvalue weighted by Crippen LogP contribution is -2.43. The van der Waals surface area contributed by atoms with Crippen molar-refractivity contribution < 1.29 is 29.0 Å². The molecule has 4 amide bonds. The number of hydrogen-bond acceptors (Lipinski definition) is 8. The van der Waals surface area contributed by atoms with Crippen LogP contribution in [0.2, 0.25) is 0 Å². The van der Waals surface area contributed by atoms with E-state index >= 15 is 0 Å². The van der Waals surface area contributed by atoms with Crippen LogP contribution in [0.4, 0.5) is 0 Å². The van der Waals surface area contributed by atoms with E-state index in [1.807, 2.05) is 48.0 Å². The van der Waals surface area contributed by atoms with Crippen LogP contribution < -0.4 is 4.74 Å². The summed E-state index contributed by atoms with van der Waals surface area (Å²) in [7, 11) is 0. The van der Waals surface area contributed by atoms with Crippen LogP contribution in [-0.4, -0.2) is 45.1 Å². The van der Waals surface area contributed by atoms with Gasteiger partial charge in [0.05, 0.1) is 43.4 Å². The van der Waals surface area contributed by atoms with E-state index in [4.69, 9.17) is 4.74 Å². The number of amides is 4. The molecule has 7 rings (SSSR count). The Kier molecular flexibility index (Phi) is 6.78. The highest BCUT2D eigenvalue weighted by molar-refractivity contribution is 7.10. The highest BCUT2D eigenvalue weighted by Crippen LogP contribution is 2.58. The molecule has 0 radical (unpaired) electrons. The molecule has 1 N–H and O–H groups in total. The standard InChI is InChI=1S/C32H30N2O6S2/c1-2-40-25-13-17(7-10-24(25)35)26-20-8-9-21-27(31(38)33(29(21)36)15-18-5-3-11-41-18)22(20)14-23-28(26)32(39)34(30(23)37)16-19-6-4-12-42-19/h3-8,10-13,21-23,26-28,35H,2,9,14-16H2,1H3. The molecule has 2 saturated heterocycles. The number of phenols is 1. The van der Waals surface area contributed by atoms with E-state index < -0.39 is 29.6 Å². The average molecular weight is 603 g/mol. The Morgan fingerprint density at radius 2 is 1.48 bits per heavy atom. The van der Waals surface area contributed by atoms with E-state index in [1.54, 1.807) is 18.2 Å². The van der Waals surface area contributed by atoms with Gasteiger partial charge in [-0.25, -0.2) is 0 Å². The number of thiophene rings is 2. The van der Waals surface area contributed by atoms with Crippen molar-refractivity contribution in [2.45, 2.75) is 38.8 Å². The first-order valence-corrected chi connectivity index (χ1v) is 16.0. The Hall–Kier alpha value is -3.76. The molecule has 8 nitrogen and oxygen atoms in total. The fourth-order valence-electron chi connectivity index (χ4n) is 7.52. The Balaban J connectivity index is 1.30.